The highest BCUT2D eigenvalue weighted by Crippen LogP contribution is 2.42. The molecule has 8 aromatic rings. The van der Waals surface area contributed by atoms with Gasteiger partial charge in [-0.2, -0.15) is 15.3 Å². The normalized spacial score (nSPS) is 19.5. The first-order chi connectivity index (χ1) is 46.3. The highest BCUT2D eigenvalue weighted by Gasteiger charge is 2.37. The van der Waals surface area contributed by atoms with Crippen molar-refractivity contribution in [1.82, 2.24) is 45.3 Å². The second-order valence-corrected chi connectivity index (χ2v) is 30.0. The van der Waals surface area contributed by atoms with Gasteiger partial charge in [-0.25, -0.2) is 0 Å². The van der Waals surface area contributed by atoms with Gasteiger partial charge in [-0.05, 0) is 223 Å². The molecule has 0 radical (unpaired) electrons. The number of amides is 3. The van der Waals surface area contributed by atoms with E-state index in [0.29, 0.717) is 72.1 Å². The fourth-order valence-corrected chi connectivity index (χ4v) is 16.0. The standard InChI is InChI=1S/2C26H27Cl2N3O.C26H34ClN3O/c27-20-10-8-17(9-11-20)16-31-25-19(14-18-4-3-6-21(28)15-18)5-1-2-7-23(25)24(30-31)26(32)29-22-12-13-22;27-20-9-5-17(6-10-20)15-19-3-1-2-4-23-24(26(32)29-22-13-14-22)30-31(25(19)23)16-18-7-11-21(28)12-8-18;27-20-10-6-8-18(17-20)16-19-9-4-5-15-23-24(26(31)28-21-11-7-12-21)29-30(25(19)23)22-13-2-1-3-14-22/h3-4,6,8-11,15,19,22H,1-2,5,7,12-14,16H2,(H,29,32);5-12,19,22H,1-4,13-16H2,(H,29,32);6,8,10,17,19,21-22H,1-5,7,9,11-16H2,(H,28,31). The highest BCUT2D eigenvalue weighted by molar-refractivity contribution is 6.31. The number of carbonyl (C=O) groups excluding carboxylic acids is 3. The molecule has 0 bridgehead atoms. The molecule has 3 N–H and O–H groups in total. The van der Waals surface area contributed by atoms with Crippen molar-refractivity contribution in [2.75, 3.05) is 0 Å². The molecule has 7 aliphatic carbocycles. The molecule has 4 fully saturated rings. The van der Waals surface area contributed by atoms with E-state index in [2.05, 4.69) is 60.3 Å². The molecule has 7 aliphatic rings. The Hall–Kier alpha value is -6.41. The second kappa shape index (κ2) is 31.4. The summed E-state index contributed by atoms with van der Waals surface area (Å²) in [7, 11) is 0. The van der Waals surface area contributed by atoms with E-state index in [0.717, 1.165) is 176 Å². The van der Waals surface area contributed by atoms with E-state index in [1.54, 1.807) is 0 Å². The topological polar surface area (TPSA) is 141 Å². The molecule has 15 rings (SSSR count). The molecule has 3 atom stereocenters. The Morgan fingerprint density at radius 2 is 0.726 bits per heavy atom. The fraction of sp³-hybridized carbons (Fsp3) is 0.462. The molecule has 5 aromatic carbocycles. The van der Waals surface area contributed by atoms with Gasteiger partial charge in [0.25, 0.3) is 17.7 Å². The third-order valence-corrected chi connectivity index (χ3v) is 21.8. The highest BCUT2D eigenvalue weighted by atomic mass is 35.5. The minimum atomic E-state index is -0.0259. The van der Waals surface area contributed by atoms with Crippen LogP contribution in [0.15, 0.2) is 121 Å². The maximum absolute atomic E-state index is 13.2. The number of nitrogens with one attached hydrogen (secondary N) is 3. The number of benzene rings is 5. The Kier molecular flexibility index (Phi) is 22.2. The van der Waals surface area contributed by atoms with E-state index in [9.17, 15) is 14.4 Å². The largest absolute Gasteiger partial charge is 0.348 e. The van der Waals surface area contributed by atoms with Crippen LogP contribution in [-0.4, -0.2) is 65.2 Å². The molecule has 95 heavy (non-hydrogen) atoms. The van der Waals surface area contributed by atoms with Crippen LogP contribution in [0, 0.1) is 0 Å². The molecule has 3 aromatic heterocycles. The molecule has 0 spiro atoms. The first-order valence-electron chi connectivity index (χ1n) is 35.3. The molecular formula is C78H88Cl5N9O3. The zero-order valence-corrected chi connectivity index (χ0v) is 58.2. The predicted octanol–water partition coefficient (Wildman–Crippen LogP) is 18.7. The zero-order valence-electron chi connectivity index (χ0n) is 54.4. The van der Waals surface area contributed by atoms with Gasteiger partial charge in [0, 0.05) is 94.8 Å². The van der Waals surface area contributed by atoms with Crippen molar-refractivity contribution in [2.45, 2.75) is 228 Å². The first kappa shape index (κ1) is 67.2. The summed E-state index contributed by atoms with van der Waals surface area (Å²) in [5, 5.41) is 28.1. The summed E-state index contributed by atoms with van der Waals surface area (Å²) in [4.78, 5) is 39.4. The molecule has 3 amide bonds. The van der Waals surface area contributed by atoms with Gasteiger partial charge in [-0.3, -0.25) is 28.4 Å². The molecule has 0 saturated heterocycles. The molecular weight excluding hydrogens is 1290 g/mol. The summed E-state index contributed by atoms with van der Waals surface area (Å²) in [6.07, 6.45) is 29.6. The average molecular weight is 1380 g/mol. The SMILES string of the molecule is O=C(NC1CC1)c1nn(Cc2ccc(Cl)cc2)c2c1CCCCC2Cc1ccc(Cl)cc1.O=C(NC1CC1)c1nn(Cc2ccc(Cl)cc2)c2c1CCCCC2Cc1cccc(Cl)c1.O=C(NC1CCC1)c1nn(C2CCCCC2)c2c1CCCCC2Cc1cccc(Cl)c1. The van der Waals surface area contributed by atoms with Crippen LogP contribution in [-0.2, 0) is 51.6 Å². The number of hydrogen-bond acceptors (Lipinski definition) is 6. The van der Waals surface area contributed by atoms with E-state index in [1.807, 2.05) is 91.0 Å². The third kappa shape index (κ3) is 17.3. The number of fused-ring (bicyclic) bond motifs is 3. The van der Waals surface area contributed by atoms with Gasteiger partial charge in [-0.1, -0.05) is 157 Å². The molecule has 12 nitrogen and oxygen atoms in total. The van der Waals surface area contributed by atoms with Crippen molar-refractivity contribution < 1.29 is 14.4 Å². The van der Waals surface area contributed by atoms with E-state index in [1.165, 1.54) is 84.3 Å². The maximum Gasteiger partial charge on any atom is 0.272 e. The van der Waals surface area contributed by atoms with Gasteiger partial charge in [0.2, 0.25) is 0 Å². The minimum Gasteiger partial charge on any atom is -0.348 e. The Bertz CT molecular complexity index is 3950. The fourth-order valence-electron chi connectivity index (χ4n) is 15.2. The van der Waals surface area contributed by atoms with Crippen molar-refractivity contribution in [2.24, 2.45) is 0 Å². The van der Waals surface area contributed by atoms with Crippen molar-refractivity contribution in [1.29, 1.82) is 0 Å². The average Bonchev–Trinajstić information content (AvgIpc) is 1.64. The minimum absolute atomic E-state index is 0.0225. The number of rotatable bonds is 17. The van der Waals surface area contributed by atoms with Gasteiger partial charge in [0.15, 0.2) is 17.1 Å². The van der Waals surface area contributed by atoms with Crippen LogP contribution in [0.1, 0.15) is 252 Å². The molecule has 0 aliphatic heterocycles. The number of aromatic nitrogens is 6. The summed E-state index contributed by atoms with van der Waals surface area (Å²) in [6.45, 7) is 1.26. The van der Waals surface area contributed by atoms with Gasteiger partial charge >= 0.3 is 0 Å². The van der Waals surface area contributed by atoms with Crippen molar-refractivity contribution >= 4 is 75.7 Å². The smallest absolute Gasteiger partial charge is 0.272 e. The van der Waals surface area contributed by atoms with Crippen LogP contribution in [0.2, 0.25) is 25.1 Å². The second-order valence-electron chi connectivity index (χ2n) is 27.9. The van der Waals surface area contributed by atoms with E-state index in [-0.39, 0.29) is 17.7 Å². The summed E-state index contributed by atoms with van der Waals surface area (Å²) in [5.41, 5.74) is 15.2. The maximum atomic E-state index is 13.2. The van der Waals surface area contributed by atoms with E-state index < -0.39 is 0 Å². The molecule has 498 valence electrons. The third-order valence-electron chi connectivity index (χ3n) is 20.5. The Balaban J connectivity index is 0.000000129. The van der Waals surface area contributed by atoms with Crippen LogP contribution in [0.4, 0.5) is 0 Å². The molecule has 4 saturated carbocycles. The Labute approximate surface area is 585 Å². The van der Waals surface area contributed by atoms with Crippen LogP contribution in [0.3, 0.4) is 0 Å². The number of hydrogen-bond donors (Lipinski definition) is 3. The zero-order chi connectivity index (χ0) is 65.4. The van der Waals surface area contributed by atoms with Gasteiger partial charge in [0.1, 0.15) is 0 Å². The lowest BCUT2D eigenvalue weighted by Crippen LogP contribution is -2.40. The van der Waals surface area contributed by atoms with Crippen LogP contribution in [0.25, 0.3) is 0 Å². The Morgan fingerprint density at radius 3 is 1.13 bits per heavy atom. The van der Waals surface area contributed by atoms with E-state index in [4.69, 9.17) is 73.3 Å². The lowest BCUT2D eigenvalue weighted by atomic mass is 9.89. The lowest BCUT2D eigenvalue weighted by molar-refractivity contribution is 0.0906. The number of nitrogens with zero attached hydrogens (tertiary/aromatic N) is 6. The molecule has 3 heterocycles. The van der Waals surface area contributed by atoms with Gasteiger partial charge < -0.3 is 16.0 Å². The van der Waals surface area contributed by atoms with Gasteiger partial charge in [-0.15, -0.1) is 0 Å². The van der Waals surface area contributed by atoms with Crippen molar-refractivity contribution in [3.8, 4) is 0 Å². The monoisotopic (exact) mass is 1370 g/mol. The van der Waals surface area contributed by atoms with Crippen LogP contribution < -0.4 is 16.0 Å². The number of carbonyl (C=O) groups is 3. The summed E-state index contributed by atoms with van der Waals surface area (Å²) in [6, 6.07) is 41.6. The summed E-state index contributed by atoms with van der Waals surface area (Å²) < 4.78 is 6.46. The van der Waals surface area contributed by atoms with Crippen LogP contribution in [0.5, 0.6) is 0 Å². The quantitative estimate of drug-likeness (QED) is 0.0776. The van der Waals surface area contributed by atoms with Crippen molar-refractivity contribution in [3.05, 3.63) is 225 Å². The lowest BCUT2D eigenvalue weighted by Gasteiger charge is -2.27. The Morgan fingerprint density at radius 1 is 0.358 bits per heavy atom. The van der Waals surface area contributed by atoms with E-state index >= 15 is 0 Å². The van der Waals surface area contributed by atoms with Gasteiger partial charge in [0.05, 0.1) is 19.1 Å². The predicted molar refractivity (Wildman–Crippen MR) is 382 cm³/mol. The molecule has 17 heteroatoms. The van der Waals surface area contributed by atoms with Crippen molar-refractivity contribution in [3.63, 3.8) is 0 Å². The summed E-state index contributed by atoms with van der Waals surface area (Å²) in [5.74, 6) is 1.02. The first-order valence-corrected chi connectivity index (χ1v) is 37.2. The van der Waals surface area contributed by atoms with Crippen LogP contribution >= 0.6 is 58.0 Å². The summed E-state index contributed by atoms with van der Waals surface area (Å²) >= 11 is 30.8. The number of halogens is 5. The molecule has 3 unspecified atom stereocenters.